The Morgan fingerprint density at radius 3 is 1.93 bits per heavy atom. The predicted molar refractivity (Wildman–Crippen MR) is 105 cm³/mol. The topological polar surface area (TPSA) is 74.8 Å². The fourth-order valence-corrected chi connectivity index (χ4v) is 6.85. The second-order valence-corrected chi connectivity index (χ2v) is 11.8. The summed E-state index contributed by atoms with van der Waals surface area (Å²) in [6, 6.07) is 5.73. The van der Waals surface area contributed by atoms with Gasteiger partial charge in [0.1, 0.15) is 0 Å². The normalized spacial score (nSPS) is 21.6. The maximum Gasteiger partial charge on any atom is 0.243 e. The average Bonchev–Trinajstić information content (AvgIpc) is 2.68. The Labute approximate surface area is 163 Å². The van der Waals surface area contributed by atoms with Crippen LogP contribution in [0.3, 0.4) is 0 Å². The molecular formula is C19H30N2O4S2. The van der Waals surface area contributed by atoms with Crippen molar-refractivity contribution in [3.63, 3.8) is 0 Å². The molecule has 0 unspecified atom stereocenters. The zero-order chi connectivity index (χ0) is 19.7. The first kappa shape index (κ1) is 20.8. The van der Waals surface area contributed by atoms with Gasteiger partial charge in [-0.25, -0.2) is 16.8 Å². The fourth-order valence-electron chi connectivity index (χ4n) is 3.97. The Balaban J connectivity index is 1.78. The van der Waals surface area contributed by atoms with Crippen LogP contribution in [-0.4, -0.2) is 51.6 Å². The predicted octanol–water partition coefficient (Wildman–Crippen LogP) is 3.06. The monoisotopic (exact) mass is 414 g/mol. The third-order valence-electron chi connectivity index (χ3n) is 5.97. The van der Waals surface area contributed by atoms with Crippen molar-refractivity contribution in [1.82, 2.24) is 8.61 Å². The van der Waals surface area contributed by atoms with E-state index in [9.17, 15) is 16.8 Å². The van der Waals surface area contributed by atoms with Gasteiger partial charge in [0.05, 0.1) is 9.79 Å². The van der Waals surface area contributed by atoms with Gasteiger partial charge in [0.2, 0.25) is 20.0 Å². The summed E-state index contributed by atoms with van der Waals surface area (Å²) in [6.07, 6.45) is 6.75. The summed E-state index contributed by atoms with van der Waals surface area (Å²) in [7, 11) is -5.54. The lowest BCUT2D eigenvalue weighted by molar-refractivity contribution is 0.285. The molecule has 152 valence electrons. The van der Waals surface area contributed by atoms with E-state index in [4.69, 9.17) is 0 Å². The van der Waals surface area contributed by atoms with Crippen molar-refractivity contribution in [3.05, 3.63) is 24.3 Å². The van der Waals surface area contributed by atoms with E-state index in [1.54, 1.807) is 7.05 Å². The molecule has 0 atom stereocenters. The minimum absolute atomic E-state index is 0.0301. The standard InChI is InChI=1S/C19H30N2O4S2/c1-16-12-14-21(15-13-16)27(24,25)19-10-8-18(9-11-19)26(22,23)20(2)17-6-4-3-5-7-17/h8-11,16-17H,3-7,12-15H2,1-2H3. The number of nitrogens with zero attached hydrogens (tertiary/aromatic N) is 2. The van der Waals surface area contributed by atoms with Crippen molar-refractivity contribution in [3.8, 4) is 0 Å². The summed E-state index contributed by atoms with van der Waals surface area (Å²) < 4.78 is 54.4. The first-order valence-electron chi connectivity index (χ1n) is 9.81. The van der Waals surface area contributed by atoms with Gasteiger partial charge in [-0.3, -0.25) is 0 Å². The molecule has 0 amide bonds. The molecule has 0 bridgehead atoms. The highest BCUT2D eigenvalue weighted by Gasteiger charge is 2.31. The quantitative estimate of drug-likeness (QED) is 0.742. The van der Waals surface area contributed by atoms with Crippen LogP contribution in [0.5, 0.6) is 0 Å². The molecule has 1 heterocycles. The molecule has 6 nitrogen and oxygen atoms in total. The van der Waals surface area contributed by atoms with Crippen molar-refractivity contribution >= 4 is 20.0 Å². The number of sulfonamides is 2. The molecule has 0 radical (unpaired) electrons. The van der Waals surface area contributed by atoms with Crippen LogP contribution in [0.25, 0.3) is 0 Å². The van der Waals surface area contributed by atoms with Gasteiger partial charge in [-0.15, -0.1) is 0 Å². The number of hydrogen-bond acceptors (Lipinski definition) is 4. The Hall–Kier alpha value is -0.960. The van der Waals surface area contributed by atoms with Crippen LogP contribution in [0.4, 0.5) is 0 Å². The molecule has 2 fully saturated rings. The SMILES string of the molecule is CC1CCN(S(=O)(=O)c2ccc(S(=O)(=O)N(C)C3CCCCC3)cc2)CC1. The Morgan fingerprint density at radius 1 is 0.852 bits per heavy atom. The summed E-state index contributed by atoms with van der Waals surface area (Å²) in [4.78, 5) is 0.318. The molecule has 1 saturated carbocycles. The number of piperidine rings is 1. The lowest BCUT2D eigenvalue weighted by Gasteiger charge is -2.30. The maximum atomic E-state index is 12.9. The number of benzene rings is 1. The fraction of sp³-hybridized carbons (Fsp3) is 0.684. The Morgan fingerprint density at radius 2 is 1.37 bits per heavy atom. The second kappa shape index (κ2) is 8.19. The van der Waals surface area contributed by atoms with Gasteiger partial charge in [0, 0.05) is 26.2 Å². The number of hydrogen-bond donors (Lipinski definition) is 0. The molecule has 1 saturated heterocycles. The van der Waals surface area contributed by atoms with Crippen LogP contribution in [0.1, 0.15) is 51.9 Å². The minimum atomic E-state index is -3.61. The van der Waals surface area contributed by atoms with E-state index in [0.717, 1.165) is 44.9 Å². The summed E-state index contributed by atoms with van der Waals surface area (Å²) in [5, 5.41) is 0. The highest BCUT2D eigenvalue weighted by molar-refractivity contribution is 7.89. The molecule has 8 heteroatoms. The molecule has 1 aliphatic carbocycles. The Bertz CT molecular complexity index is 836. The van der Waals surface area contributed by atoms with E-state index in [1.807, 2.05) is 0 Å². The van der Waals surface area contributed by atoms with Gasteiger partial charge in [-0.05, 0) is 55.9 Å². The maximum absolute atomic E-state index is 12.9. The van der Waals surface area contributed by atoms with E-state index in [1.165, 1.54) is 32.9 Å². The van der Waals surface area contributed by atoms with E-state index in [0.29, 0.717) is 19.0 Å². The van der Waals surface area contributed by atoms with Crippen LogP contribution < -0.4 is 0 Å². The third kappa shape index (κ3) is 4.39. The summed E-state index contributed by atoms with van der Waals surface area (Å²) in [5.41, 5.74) is 0. The first-order chi connectivity index (χ1) is 12.7. The molecule has 2 aliphatic rings. The van der Waals surface area contributed by atoms with E-state index in [-0.39, 0.29) is 15.8 Å². The van der Waals surface area contributed by atoms with Crippen LogP contribution >= 0.6 is 0 Å². The van der Waals surface area contributed by atoms with Gasteiger partial charge in [0.25, 0.3) is 0 Å². The van der Waals surface area contributed by atoms with E-state index >= 15 is 0 Å². The van der Waals surface area contributed by atoms with E-state index < -0.39 is 20.0 Å². The molecule has 27 heavy (non-hydrogen) atoms. The largest absolute Gasteiger partial charge is 0.243 e. The molecule has 1 aromatic carbocycles. The Kier molecular flexibility index (Phi) is 6.30. The van der Waals surface area contributed by atoms with Gasteiger partial charge < -0.3 is 0 Å². The lowest BCUT2D eigenvalue weighted by Crippen LogP contribution is -2.38. The van der Waals surface area contributed by atoms with Gasteiger partial charge in [-0.1, -0.05) is 26.2 Å². The van der Waals surface area contributed by atoms with Crippen LogP contribution in [-0.2, 0) is 20.0 Å². The second-order valence-electron chi connectivity index (χ2n) is 7.87. The van der Waals surface area contributed by atoms with Gasteiger partial charge in [-0.2, -0.15) is 8.61 Å². The molecule has 0 spiro atoms. The van der Waals surface area contributed by atoms with Crippen LogP contribution in [0, 0.1) is 5.92 Å². The zero-order valence-electron chi connectivity index (χ0n) is 16.2. The number of rotatable bonds is 5. The summed E-state index contributed by atoms with van der Waals surface area (Å²) >= 11 is 0. The van der Waals surface area contributed by atoms with Crippen molar-refractivity contribution < 1.29 is 16.8 Å². The van der Waals surface area contributed by atoms with Crippen molar-refractivity contribution in [1.29, 1.82) is 0 Å². The molecule has 1 aromatic rings. The summed E-state index contributed by atoms with van der Waals surface area (Å²) in [5.74, 6) is 0.541. The first-order valence-corrected chi connectivity index (χ1v) is 12.7. The minimum Gasteiger partial charge on any atom is -0.207 e. The van der Waals surface area contributed by atoms with Crippen LogP contribution in [0.2, 0.25) is 0 Å². The highest BCUT2D eigenvalue weighted by Crippen LogP contribution is 2.28. The highest BCUT2D eigenvalue weighted by atomic mass is 32.2. The molecular weight excluding hydrogens is 384 g/mol. The smallest absolute Gasteiger partial charge is 0.207 e. The van der Waals surface area contributed by atoms with Gasteiger partial charge >= 0.3 is 0 Å². The molecule has 3 rings (SSSR count). The van der Waals surface area contributed by atoms with Gasteiger partial charge in [0.15, 0.2) is 0 Å². The average molecular weight is 415 g/mol. The van der Waals surface area contributed by atoms with E-state index in [2.05, 4.69) is 6.92 Å². The third-order valence-corrected chi connectivity index (χ3v) is 9.81. The molecule has 0 aromatic heterocycles. The van der Waals surface area contributed by atoms with Crippen molar-refractivity contribution in [2.45, 2.75) is 67.7 Å². The van der Waals surface area contributed by atoms with Crippen molar-refractivity contribution in [2.24, 2.45) is 5.92 Å². The lowest BCUT2D eigenvalue weighted by atomic mass is 9.96. The zero-order valence-corrected chi connectivity index (χ0v) is 17.8. The molecule has 0 N–H and O–H groups in total. The van der Waals surface area contributed by atoms with Crippen LogP contribution in [0.15, 0.2) is 34.1 Å². The summed E-state index contributed by atoms with van der Waals surface area (Å²) in [6.45, 7) is 3.17. The van der Waals surface area contributed by atoms with Crippen molar-refractivity contribution in [2.75, 3.05) is 20.1 Å². The molecule has 1 aliphatic heterocycles.